The Morgan fingerprint density at radius 1 is 1.36 bits per heavy atom. The molecule has 1 aliphatic rings. The third-order valence-corrected chi connectivity index (χ3v) is 4.96. The van der Waals surface area contributed by atoms with E-state index in [4.69, 9.17) is 10.8 Å². The van der Waals surface area contributed by atoms with Gasteiger partial charge in [-0.1, -0.05) is 6.92 Å². The van der Waals surface area contributed by atoms with Crippen LogP contribution in [0.2, 0.25) is 0 Å². The monoisotopic (exact) mass is 405 g/mol. The van der Waals surface area contributed by atoms with E-state index in [2.05, 4.69) is 10.6 Å². The number of carboxylic acids is 1. The average Bonchev–Trinajstić information content (AvgIpc) is 2.63. The summed E-state index contributed by atoms with van der Waals surface area (Å²) in [4.78, 5) is 22.9. The van der Waals surface area contributed by atoms with E-state index >= 15 is 0 Å². The van der Waals surface area contributed by atoms with Gasteiger partial charge >= 0.3 is 12.1 Å². The van der Waals surface area contributed by atoms with E-state index in [1.54, 1.807) is 6.92 Å². The minimum absolute atomic E-state index is 0.0778. The number of carbonyl (C=O) groups is 2. The van der Waals surface area contributed by atoms with Gasteiger partial charge in [0, 0.05) is 24.1 Å². The number of nitrogens with two attached hydrogens (primary N) is 1. The quantitative estimate of drug-likeness (QED) is 0.542. The number of halogens is 4. The fourth-order valence-corrected chi connectivity index (χ4v) is 3.57. The van der Waals surface area contributed by atoms with E-state index in [1.807, 2.05) is 0 Å². The molecule has 156 valence electrons. The summed E-state index contributed by atoms with van der Waals surface area (Å²) in [7, 11) is 0. The molecule has 0 saturated carbocycles. The highest BCUT2D eigenvalue weighted by atomic mass is 19.4. The van der Waals surface area contributed by atoms with Gasteiger partial charge in [-0.2, -0.15) is 13.2 Å². The first-order valence-electron chi connectivity index (χ1n) is 8.91. The maximum Gasteiger partial charge on any atom is 0.392 e. The van der Waals surface area contributed by atoms with Crippen molar-refractivity contribution in [1.29, 1.82) is 0 Å². The second kappa shape index (κ2) is 8.87. The molecule has 28 heavy (non-hydrogen) atoms. The van der Waals surface area contributed by atoms with E-state index in [0.29, 0.717) is 6.42 Å². The van der Waals surface area contributed by atoms with E-state index in [9.17, 15) is 27.2 Å². The maximum absolute atomic E-state index is 14.1. The summed E-state index contributed by atoms with van der Waals surface area (Å²) in [6.45, 7) is 1.55. The molecule has 1 fully saturated rings. The molecular weight excluding hydrogens is 382 g/mol. The predicted molar refractivity (Wildman–Crippen MR) is 93.3 cm³/mol. The molecule has 1 aromatic rings. The molecule has 2 rings (SSSR count). The minimum Gasteiger partial charge on any atom is -0.480 e. The molecule has 0 bridgehead atoms. The van der Waals surface area contributed by atoms with Crippen LogP contribution in [0.15, 0.2) is 18.2 Å². The molecule has 4 atom stereocenters. The zero-order chi connectivity index (χ0) is 21.1. The van der Waals surface area contributed by atoms with Crippen LogP contribution in [-0.4, -0.2) is 48.3 Å². The largest absolute Gasteiger partial charge is 0.480 e. The first kappa shape index (κ1) is 22.1. The molecule has 0 aromatic heterocycles. The third kappa shape index (κ3) is 5.20. The van der Waals surface area contributed by atoms with Crippen LogP contribution in [0.4, 0.5) is 17.6 Å². The molecule has 1 amide bonds. The van der Waals surface area contributed by atoms with Crippen LogP contribution in [0.25, 0.3) is 0 Å². The van der Waals surface area contributed by atoms with Crippen molar-refractivity contribution < 1.29 is 32.3 Å². The number of piperidine rings is 1. The lowest BCUT2D eigenvalue weighted by molar-refractivity contribution is -0.189. The summed E-state index contributed by atoms with van der Waals surface area (Å²) in [6, 6.07) is 1.27. The highest BCUT2D eigenvalue weighted by Crippen LogP contribution is 2.44. The number of benzene rings is 1. The van der Waals surface area contributed by atoms with Gasteiger partial charge in [-0.25, -0.2) is 4.39 Å². The van der Waals surface area contributed by atoms with Crippen LogP contribution in [0.3, 0.4) is 0 Å². The molecule has 0 radical (unpaired) electrons. The van der Waals surface area contributed by atoms with Crippen LogP contribution in [0, 0.1) is 11.7 Å². The lowest BCUT2D eigenvalue weighted by atomic mass is 9.74. The first-order chi connectivity index (χ1) is 13.0. The Kier molecular flexibility index (Phi) is 7.00. The van der Waals surface area contributed by atoms with Gasteiger partial charge < -0.3 is 21.5 Å². The number of carbonyl (C=O) groups excluding carboxylic acids is 1. The summed E-state index contributed by atoms with van der Waals surface area (Å²) in [5, 5.41) is 14.0. The Bertz CT molecular complexity index is 727. The molecule has 0 aliphatic carbocycles. The van der Waals surface area contributed by atoms with E-state index in [1.165, 1.54) is 6.07 Å². The summed E-state index contributed by atoms with van der Waals surface area (Å²) in [5.74, 6) is -5.67. The molecule has 10 heteroatoms. The van der Waals surface area contributed by atoms with Crippen LogP contribution < -0.4 is 16.4 Å². The predicted octanol–water partition coefficient (Wildman–Crippen LogP) is 2.00. The van der Waals surface area contributed by atoms with Crippen LogP contribution in [0.5, 0.6) is 0 Å². The number of amides is 1. The van der Waals surface area contributed by atoms with Gasteiger partial charge in [0.2, 0.25) is 0 Å². The number of aliphatic carboxylic acids is 1. The number of hydrogen-bond acceptors (Lipinski definition) is 4. The Morgan fingerprint density at radius 3 is 2.61 bits per heavy atom. The second-order valence-electron chi connectivity index (χ2n) is 6.86. The van der Waals surface area contributed by atoms with Crippen molar-refractivity contribution in [3.05, 3.63) is 35.1 Å². The summed E-state index contributed by atoms with van der Waals surface area (Å²) in [6.07, 6.45) is -4.19. The van der Waals surface area contributed by atoms with E-state index < -0.39 is 54.3 Å². The first-order valence-corrected chi connectivity index (χ1v) is 8.91. The van der Waals surface area contributed by atoms with Crippen LogP contribution >= 0.6 is 0 Å². The highest BCUT2D eigenvalue weighted by Gasteiger charge is 2.49. The molecule has 5 N–H and O–H groups in total. The molecule has 6 nitrogen and oxygen atoms in total. The van der Waals surface area contributed by atoms with E-state index in [0.717, 1.165) is 12.1 Å². The third-order valence-electron chi connectivity index (χ3n) is 4.96. The van der Waals surface area contributed by atoms with Gasteiger partial charge in [0.25, 0.3) is 5.91 Å². The number of alkyl halides is 3. The van der Waals surface area contributed by atoms with Crippen molar-refractivity contribution in [1.82, 2.24) is 10.6 Å². The normalized spacial score (nSPS) is 23.9. The standard InChI is InChI=1S/C18H23F4N3O3/c1-2-14-15(12(3-4-24-14)18(20,21)22)9-5-10(7-11(19)6-9)16(26)25-8-13(23)17(27)28/h5-7,12-15,24H,2-4,8,23H2,1H3,(H,25,26)(H,27,28)/t12?,13-,14?,15?/m1/s1. The highest BCUT2D eigenvalue weighted by molar-refractivity contribution is 5.94. The Labute approximate surface area is 159 Å². The molecule has 1 saturated heterocycles. The topological polar surface area (TPSA) is 104 Å². The smallest absolute Gasteiger partial charge is 0.392 e. The summed E-state index contributed by atoms with van der Waals surface area (Å²) < 4.78 is 54.8. The van der Waals surface area contributed by atoms with Crippen molar-refractivity contribution in [2.24, 2.45) is 11.7 Å². The zero-order valence-electron chi connectivity index (χ0n) is 15.2. The Balaban J connectivity index is 2.33. The molecule has 0 spiro atoms. The average molecular weight is 405 g/mol. The lowest BCUT2D eigenvalue weighted by Gasteiger charge is -2.40. The molecule has 1 aromatic carbocycles. The second-order valence-corrected chi connectivity index (χ2v) is 6.86. The van der Waals surface area contributed by atoms with Gasteiger partial charge in [0.05, 0.1) is 5.92 Å². The zero-order valence-corrected chi connectivity index (χ0v) is 15.2. The number of rotatable bonds is 6. The number of hydrogen-bond donors (Lipinski definition) is 4. The molecular formula is C18H23F4N3O3. The number of carboxylic acid groups (broad SMARTS) is 1. The molecule has 3 unspecified atom stereocenters. The van der Waals surface area contributed by atoms with Crippen LogP contribution in [0.1, 0.15) is 41.6 Å². The van der Waals surface area contributed by atoms with Crippen molar-refractivity contribution in [3.8, 4) is 0 Å². The van der Waals surface area contributed by atoms with Crippen LogP contribution in [-0.2, 0) is 4.79 Å². The minimum atomic E-state index is -4.46. The fraction of sp³-hybridized carbons (Fsp3) is 0.556. The fourth-order valence-electron chi connectivity index (χ4n) is 3.57. The number of nitrogens with one attached hydrogen (secondary N) is 2. The van der Waals surface area contributed by atoms with Crippen molar-refractivity contribution in [3.63, 3.8) is 0 Å². The maximum atomic E-state index is 14.1. The lowest BCUT2D eigenvalue weighted by Crippen LogP contribution is -2.48. The summed E-state index contributed by atoms with van der Waals surface area (Å²) in [5.41, 5.74) is 5.19. The Morgan fingerprint density at radius 2 is 2.04 bits per heavy atom. The summed E-state index contributed by atoms with van der Waals surface area (Å²) >= 11 is 0. The Hall–Kier alpha value is -2.20. The molecule has 1 aliphatic heterocycles. The van der Waals surface area contributed by atoms with Crippen molar-refractivity contribution >= 4 is 11.9 Å². The van der Waals surface area contributed by atoms with Gasteiger partial charge in [0.15, 0.2) is 0 Å². The van der Waals surface area contributed by atoms with Crippen molar-refractivity contribution in [2.45, 2.75) is 43.9 Å². The van der Waals surface area contributed by atoms with Gasteiger partial charge in [-0.3, -0.25) is 9.59 Å². The van der Waals surface area contributed by atoms with E-state index in [-0.39, 0.29) is 24.1 Å². The van der Waals surface area contributed by atoms with Gasteiger partial charge in [-0.05, 0) is 43.1 Å². The molecule has 1 heterocycles. The van der Waals surface area contributed by atoms with Gasteiger partial charge in [-0.15, -0.1) is 0 Å². The SMILES string of the molecule is CCC1NCCC(C(F)(F)F)C1c1cc(F)cc(C(=O)NC[C@@H](N)C(=O)O)c1. The van der Waals surface area contributed by atoms with Gasteiger partial charge in [0.1, 0.15) is 11.9 Å². The van der Waals surface area contributed by atoms with Crippen molar-refractivity contribution in [2.75, 3.05) is 13.1 Å².